The molecule has 1 aliphatic heterocycles. The number of aryl methyl sites for hydroxylation is 1. The van der Waals surface area contributed by atoms with E-state index in [1.165, 1.54) is 6.07 Å². The molecular weight excluding hydrogens is 330 g/mol. The van der Waals surface area contributed by atoms with E-state index in [9.17, 15) is 18.5 Å². The zero-order chi connectivity index (χ0) is 15.6. The second kappa shape index (κ2) is 7.36. The van der Waals surface area contributed by atoms with E-state index in [1.54, 1.807) is 13.8 Å². The topological polar surface area (TPSA) is 101 Å². The highest BCUT2D eigenvalue weighted by Crippen LogP contribution is 2.25. The summed E-state index contributed by atoms with van der Waals surface area (Å²) in [7, 11) is -3.75. The van der Waals surface area contributed by atoms with Gasteiger partial charge >= 0.3 is 0 Å². The van der Waals surface area contributed by atoms with Gasteiger partial charge in [-0.1, -0.05) is 0 Å². The first-order valence-electron chi connectivity index (χ1n) is 6.80. The van der Waals surface area contributed by atoms with Crippen LogP contribution >= 0.6 is 12.4 Å². The van der Waals surface area contributed by atoms with Crippen molar-refractivity contribution in [1.29, 1.82) is 0 Å². The Morgan fingerprint density at radius 2 is 2.09 bits per heavy atom. The monoisotopic (exact) mass is 349 g/mol. The molecule has 1 unspecified atom stereocenters. The SMILES string of the molecule is Cc1cc([N+](=O)[O-])cc(S(=O)(=O)NCC2CCCN2)c1C.Cl. The highest BCUT2D eigenvalue weighted by Gasteiger charge is 2.24. The Balaban J connectivity index is 0.00000242. The van der Waals surface area contributed by atoms with Crippen LogP contribution in [0.15, 0.2) is 17.0 Å². The van der Waals surface area contributed by atoms with Gasteiger partial charge in [0, 0.05) is 24.7 Å². The minimum absolute atomic E-state index is 0. The number of hydrogen-bond donors (Lipinski definition) is 2. The zero-order valence-corrected chi connectivity index (χ0v) is 14.1. The van der Waals surface area contributed by atoms with Crippen LogP contribution in [0.2, 0.25) is 0 Å². The van der Waals surface area contributed by atoms with Gasteiger partial charge in [-0.3, -0.25) is 10.1 Å². The molecule has 1 aromatic rings. The molecule has 1 aromatic carbocycles. The van der Waals surface area contributed by atoms with Crippen molar-refractivity contribution in [2.24, 2.45) is 0 Å². The number of nitrogens with one attached hydrogen (secondary N) is 2. The number of benzene rings is 1. The molecule has 0 aromatic heterocycles. The molecule has 0 amide bonds. The normalized spacial score (nSPS) is 18.0. The molecule has 0 bridgehead atoms. The van der Waals surface area contributed by atoms with Crippen molar-refractivity contribution in [2.75, 3.05) is 13.1 Å². The van der Waals surface area contributed by atoms with Crippen LogP contribution in [0.4, 0.5) is 5.69 Å². The first kappa shape index (κ1) is 18.8. The number of nitrogens with zero attached hydrogens (tertiary/aromatic N) is 1. The number of hydrogen-bond acceptors (Lipinski definition) is 5. The highest BCUT2D eigenvalue weighted by molar-refractivity contribution is 7.89. The molecule has 1 aliphatic rings. The summed E-state index contributed by atoms with van der Waals surface area (Å²) in [4.78, 5) is 10.3. The Kier molecular flexibility index (Phi) is 6.30. The van der Waals surface area contributed by atoms with Gasteiger partial charge in [0.1, 0.15) is 0 Å². The number of nitro groups is 1. The lowest BCUT2D eigenvalue weighted by Crippen LogP contribution is -2.37. The molecule has 1 heterocycles. The molecule has 0 aliphatic carbocycles. The fraction of sp³-hybridized carbons (Fsp3) is 0.538. The van der Waals surface area contributed by atoms with Gasteiger partial charge < -0.3 is 5.32 Å². The van der Waals surface area contributed by atoms with Crippen molar-refractivity contribution in [3.63, 3.8) is 0 Å². The molecule has 0 saturated carbocycles. The van der Waals surface area contributed by atoms with Crippen LogP contribution in [0, 0.1) is 24.0 Å². The third-order valence-corrected chi connectivity index (χ3v) is 5.34. The van der Waals surface area contributed by atoms with Crippen LogP contribution in [-0.2, 0) is 10.0 Å². The molecule has 22 heavy (non-hydrogen) atoms. The van der Waals surface area contributed by atoms with Crippen molar-refractivity contribution in [3.05, 3.63) is 33.4 Å². The van der Waals surface area contributed by atoms with Crippen molar-refractivity contribution < 1.29 is 13.3 Å². The average molecular weight is 350 g/mol. The number of rotatable bonds is 5. The van der Waals surface area contributed by atoms with Gasteiger partial charge in [0.2, 0.25) is 10.0 Å². The lowest BCUT2D eigenvalue weighted by Gasteiger charge is -2.14. The van der Waals surface area contributed by atoms with E-state index in [-0.39, 0.29) is 29.0 Å². The fourth-order valence-electron chi connectivity index (χ4n) is 2.41. The Labute approximate surface area is 136 Å². The van der Waals surface area contributed by atoms with Gasteiger partial charge in [0.25, 0.3) is 5.69 Å². The largest absolute Gasteiger partial charge is 0.313 e. The number of nitro benzene ring substituents is 1. The molecule has 0 spiro atoms. The third-order valence-electron chi connectivity index (χ3n) is 3.79. The van der Waals surface area contributed by atoms with Crippen LogP contribution in [-0.4, -0.2) is 32.5 Å². The second-order valence-corrected chi connectivity index (χ2v) is 7.02. The van der Waals surface area contributed by atoms with E-state index >= 15 is 0 Å². The molecule has 2 rings (SSSR count). The molecule has 1 fully saturated rings. The van der Waals surface area contributed by atoms with Crippen molar-refractivity contribution >= 4 is 28.1 Å². The van der Waals surface area contributed by atoms with Gasteiger partial charge in [-0.2, -0.15) is 0 Å². The quantitative estimate of drug-likeness (QED) is 0.622. The minimum Gasteiger partial charge on any atom is -0.313 e. The molecule has 124 valence electrons. The lowest BCUT2D eigenvalue weighted by molar-refractivity contribution is -0.385. The van der Waals surface area contributed by atoms with Crippen LogP contribution in [0.3, 0.4) is 0 Å². The molecule has 9 heteroatoms. The third kappa shape index (κ3) is 4.16. The summed E-state index contributed by atoms with van der Waals surface area (Å²) in [6, 6.07) is 2.62. The summed E-state index contributed by atoms with van der Waals surface area (Å²) in [5.41, 5.74) is 0.911. The van der Waals surface area contributed by atoms with Crippen LogP contribution in [0.25, 0.3) is 0 Å². The van der Waals surface area contributed by atoms with E-state index in [2.05, 4.69) is 10.0 Å². The number of non-ortho nitro benzene ring substituents is 1. The summed E-state index contributed by atoms with van der Waals surface area (Å²) in [5.74, 6) is 0. The highest BCUT2D eigenvalue weighted by atomic mass is 35.5. The zero-order valence-electron chi connectivity index (χ0n) is 12.5. The van der Waals surface area contributed by atoms with Gasteiger partial charge in [-0.15, -0.1) is 12.4 Å². The van der Waals surface area contributed by atoms with E-state index in [1.807, 2.05) is 0 Å². The van der Waals surface area contributed by atoms with Crippen molar-refractivity contribution in [1.82, 2.24) is 10.0 Å². The first-order chi connectivity index (χ1) is 9.81. The summed E-state index contributed by atoms with van der Waals surface area (Å²) in [6.45, 7) is 4.51. The van der Waals surface area contributed by atoms with E-state index in [4.69, 9.17) is 0 Å². The molecule has 1 atom stereocenters. The second-order valence-electron chi connectivity index (χ2n) is 5.29. The summed E-state index contributed by atoms with van der Waals surface area (Å²) in [5, 5.41) is 14.1. The van der Waals surface area contributed by atoms with Gasteiger partial charge in [-0.25, -0.2) is 13.1 Å². The summed E-state index contributed by atoms with van der Waals surface area (Å²) < 4.78 is 27.3. The average Bonchev–Trinajstić information content (AvgIpc) is 2.92. The van der Waals surface area contributed by atoms with Crippen LogP contribution in [0.5, 0.6) is 0 Å². The minimum atomic E-state index is -3.75. The summed E-state index contributed by atoms with van der Waals surface area (Å²) in [6.07, 6.45) is 1.96. The Hall–Kier alpha value is -1.22. The smallest absolute Gasteiger partial charge is 0.271 e. The van der Waals surface area contributed by atoms with E-state index in [0.717, 1.165) is 25.5 Å². The molecule has 2 N–H and O–H groups in total. The fourth-order valence-corrected chi connectivity index (χ4v) is 3.83. The standard InChI is InChI=1S/C13H19N3O4S.ClH/c1-9-6-12(16(17)18)7-13(10(9)2)21(19,20)15-8-11-4-3-5-14-11;/h6-7,11,14-15H,3-5,8H2,1-2H3;1H. The van der Waals surface area contributed by atoms with Crippen molar-refractivity contribution in [2.45, 2.75) is 37.6 Å². The first-order valence-corrected chi connectivity index (χ1v) is 8.28. The van der Waals surface area contributed by atoms with E-state index < -0.39 is 14.9 Å². The Bertz CT molecular complexity index is 657. The van der Waals surface area contributed by atoms with Crippen molar-refractivity contribution in [3.8, 4) is 0 Å². The number of halogens is 1. The summed E-state index contributed by atoms with van der Waals surface area (Å²) >= 11 is 0. The Morgan fingerprint density at radius 3 is 2.64 bits per heavy atom. The maximum Gasteiger partial charge on any atom is 0.271 e. The predicted molar refractivity (Wildman–Crippen MR) is 86.0 cm³/mol. The van der Waals surface area contributed by atoms with Crippen LogP contribution in [0.1, 0.15) is 24.0 Å². The van der Waals surface area contributed by atoms with E-state index in [0.29, 0.717) is 17.7 Å². The Morgan fingerprint density at radius 1 is 1.41 bits per heavy atom. The maximum absolute atomic E-state index is 12.4. The molecule has 0 radical (unpaired) electrons. The molecule has 7 nitrogen and oxygen atoms in total. The lowest BCUT2D eigenvalue weighted by atomic mass is 10.1. The number of sulfonamides is 1. The molecular formula is C13H20ClN3O4S. The van der Waals surface area contributed by atoms with Crippen LogP contribution < -0.4 is 10.0 Å². The molecule has 1 saturated heterocycles. The van der Waals surface area contributed by atoms with Gasteiger partial charge in [0.05, 0.1) is 9.82 Å². The maximum atomic E-state index is 12.4. The predicted octanol–water partition coefficient (Wildman–Crippen LogP) is 1.66. The van der Waals surface area contributed by atoms with Gasteiger partial charge in [-0.05, 0) is 44.4 Å². The van der Waals surface area contributed by atoms with Gasteiger partial charge in [0.15, 0.2) is 0 Å².